The summed E-state index contributed by atoms with van der Waals surface area (Å²) in [5.41, 5.74) is 8.16. The number of aryl methyl sites for hydroxylation is 1. The van der Waals surface area contributed by atoms with Gasteiger partial charge in [0.2, 0.25) is 17.9 Å². The van der Waals surface area contributed by atoms with Gasteiger partial charge in [-0.2, -0.15) is 23.1 Å². The van der Waals surface area contributed by atoms with Crippen molar-refractivity contribution in [1.82, 2.24) is 15.3 Å². The van der Waals surface area contributed by atoms with E-state index < -0.39 is 24.3 Å². The summed E-state index contributed by atoms with van der Waals surface area (Å²) >= 11 is 0. The molecule has 0 radical (unpaired) electrons. The molecule has 1 unspecified atom stereocenters. The first-order chi connectivity index (χ1) is 19.5. The van der Waals surface area contributed by atoms with E-state index in [1.807, 2.05) is 30.0 Å². The average Bonchev–Trinajstić information content (AvgIpc) is 3.35. The van der Waals surface area contributed by atoms with Gasteiger partial charge in [-0.05, 0) is 54.4 Å². The predicted octanol–water partition coefficient (Wildman–Crippen LogP) is 4.76. The molecular formula is C29H32F3N5O4. The molecule has 0 bridgehead atoms. The van der Waals surface area contributed by atoms with E-state index in [2.05, 4.69) is 15.3 Å². The number of nitrogen functional groups attached to an aromatic ring is 1. The van der Waals surface area contributed by atoms with Crippen LogP contribution in [0.25, 0.3) is 11.1 Å². The number of aromatic nitrogens is 2. The van der Waals surface area contributed by atoms with E-state index in [1.54, 1.807) is 19.2 Å². The summed E-state index contributed by atoms with van der Waals surface area (Å²) in [6.45, 7) is 3.63. The van der Waals surface area contributed by atoms with E-state index in [4.69, 9.17) is 15.2 Å². The standard InChI is InChI=1S/C29H32F3N5O4/c1-17-3-4-20(13-22(17)40-2)18-5-7-19(8-6-18)25(29(30,31)32)41-24-14-23(35-27(33)36-24)37-11-9-28(10-12-37)15-21(26(38)39)34-16-28/h3-8,13-14,21,25,34H,9-12,15-16H2,1-2H3,(H,38,39)(H2,33,35,36)/t21?,25-/m1/s1. The summed E-state index contributed by atoms with van der Waals surface area (Å²) in [6, 6.07) is 12.4. The molecule has 3 aromatic rings. The highest BCUT2D eigenvalue weighted by atomic mass is 19.4. The Bertz CT molecular complexity index is 1410. The quantitative estimate of drug-likeness (QED) is 0.368. The first kappa shape index (κ1) is 28.5. The van der Waals surface area contributed by atoms with Crippen LogP contribution in [0.1, 0.15) is 36.5 Å². The molecule has 3 heterocycles. The monoisotopic (exact) mass is 571 g/mol. The highest BCUT2D eigenvalue weighted by molar-refractivity contribution is 5.74. The van der Waals surface area contributed by atoms with Crippen molar-refractivity contribution in [3.05, 3.63) is 59.7 Å². The topological polar surface area (TPSA) is 123 Å². The molecule has 12 heteroatoms. The number of hydrogen-bond acceptors (Lipinski definition) is 8. The number of anilines is 2. The second-order valence-corrected chi connectivity index (χ2v) is 10.7. The summed E-state index contributed by atoms with van der Waals surface area (Å²) in [5, 5.41) is 12.4. The Kier molecular flexibility index (Phi) is 7.69. The molecule has 0 amide bonds. The van der Waals surface area contributed by atoms with Gasteiger partial charge in [0.25, 0.3) is 0 Å². The number of nitrogens with two attached hydrogens (primary N) is 1. The number of carbonyl (C=O) groups is 1. The molecule has 2 atom stereocenters. The number of carboxylic acids is 1. The van der Waals surface area contributed by atoms with Crippen LogP contribution < -0.4 is 25.4 Å². The third-order valence-electron chi connectivity index (χ3n) is 8.00. The summed E-state index contributed by atoms with van der Waals surface area (Å²) in [5.74, 6) is -0.285. The second kappa shape index (κ2) is 11.1. The van der Waals surface area contributed by atoms with Gasteiger partial charge in [0.1, 0.15) is 17.6 Å². The first-order valence-corrected chi connectivity index (χ1v) is 13.3. The van der Waals surface area contributed by atoms with Crippen LogP contribution in [-0.4, -0.2) is 60.0 Å². The predicted molar refractivity (Wildman–Crippen MR) is 147 cm³/mol. The van der Waals surface area contributed by atoms with Gasteiger partial charge in [0.05, 0.1) is 7.11 Å². The van der Waals surface area contributed by atoms with Crippen LogP contribution in [0.15, 0.2) is 48.5 Å². The highest BCUT2D eigenvalue weighted by Crippen LogP contribution is 2.41. The fraction of sp³-hybridized carbons (Fsp3) is 0.414. The lowest BCUT2D eigenvalue weighted by molar-refractivity contribution is -0.198. The third kappa shape index (κ3) is 6.17. The minimum atomic E-state index is -4.72. The van der Waals surface area contributed by atoms with Crippen molar-refractivity contribution in [3.8, 4) is 22.8 Å². The van der Waals surface area contributed by atoms with Crippen LogP contribution in [0.2, 0.25) is 0 Å². The van der Waals surface area contributed by atoms with Crippen molar-refractivity contribution in [2.75, 3.05) is 37.4 Å². The van der Waals surface area contributed by atoms with Crippen molar-refractivity contribution < 1.29 is 32.5 Å². The van der Waals surface area contributed by atoms with Crippen molar-refractivity contribution >= 4 is 17.7 Å². The molecule has 9 nitrogen and oxygen atoms in total. The number of ether oxygens (including phenoxy) is 2. The molecule has 2 aromatic carbocycles. The van der Waals surface area contributed by atoms with E-state index in [0.29, 0.717) is 50.5 Å². The van der Waals surface area contributed by atoms with Gasteiger partial charge in [-0.3, -0.25) is 4.79 Å². The maximum atomic E-state index is 14.2. The van der Waals surface area contributed by atoms with Crippen LogP contribution in [-0.2, 0) is 4.79 Å². The molecule has 0 aliphatic carbocycles. The summed E-state index contributed by atoms with van der Waals surface area (Å²) < 4.78 is 53.4. The highest BCUT2D eigenvalue weighted by Gasteiger charge is 2.45. The zero-order valence-electron chi connectivity index (χ0n) is 22.7. The van der Waals surface area contributed by atoms with Crippen LogP contribution in [0.4, 0.5) is 24.9 Å². The molecule has 1 aromatic heterocycles. The van der Waals surface area contributed by atoms with E-state index in [1.165, 1.54) is 18.2 Å². The van der Waals surface area contributed by atoms with Gasteiger partial charge in [0.15, 0.2) is 0 Å². The Morgan fingerprint density at radius 1 is 1.12 bits per heavy atom. The molecule has 4 N–H and O–H groups in total. The zero-order valence-corrected chi connectivity index (χ0v) is 22.7. The molecule has 2 aliphatic rings. The van der Waals surface area contributed by atoms with Gasteiger partial charge in [0, 0.05) is 31.3 Å². The number of piperidine rings is 1. The molecular weight excluding hydrogens is 539 g/mol. The molecule has 41 heavy (non-hydrogen) atoms. The maximum Gasteiger partial charge on any atom is 0.429 e. The number of rotatable bonds is 7. The van der Waals surface area contributed by atoms with Crippen molar-refractivity contribution in [2.24, 2.45) is 5.41 Å². The number of halogens is 3. The molecule has 2 aliphatic heterocycles. The van der Waals surface area contributed by atoms with Gasteiger partial charge >= 0.3 is 12.1 Å². The molecule has 218 valence electrons. The molecule has 0 saturated carbocycles. The summed E-state index contributed by atoms with van der Waals surface area (Å²) in [7, 11) is 1.57. The van der Waals surface area contributed by atoms with Crippen molar-refractivity contribution in [3.63, 3.8) is 0 Å². The summed E-state index contributed by atoms with van der Waals surface area (Å²) in [6.07, 6.45) is -5.02. The third-order valence-corrected chi connectivity index (χ3v) is 8.00. The fourth-order valence-corrected chi connectivity index (χ4v) is 5.63. The summed E-state index contributed by atoms with van der Waals surface area (Å²) in [4.78, 5) is 21.4. The van der Waals surface area contributed by atoms with E-state index in [-0.39, 0.29) is 22.8 Å². The maximum absolute atomic E-state index is 14.2. The Balaban J connectivity index is 1.32. The number of benzene rings is 2. The number of nitrogens with zero attached hydrogens (tertiary/aromatic N) is 3. The largest absolute Gasteiger partial charge is 0.496 e. The Labute approximate surface area is 235 Å². The van der Waals surface area contributed by atoms with Crippen LogP contribution in [0, 0.1) is 12.3 Å². The number of hydrogen-bond donors (Lipinski definition) is 3. The van der Waals surface area contributed by atoms with Crippen LogP contribution >= 0.6 is 0 Å². The van der Waals surface area contributed by atoms with E-state index in [9.17, 15) is 23.1 Å². The number of nitrogens with one attached hydrogen (secondary N) is 1. The fourth-order valence-electron chi connectivity index (χ4n) is 5.63. The Hall–Kier alpha value is -4.06. The Morgan fingerprint density at radius 3 is 2.41 bits per heavy atom. The molecule has 5 rings (SSSR count). The van der Waals surface area contributed by atoms with Gasteiger partial charge in [-0.1, -0.05) is 36.4 Å². The van der Waals surface area contributed by atoms with Crippen molar-refractivity contribution in [2.45, 2.75) is 44.5 Å². The van der Waals surface area contributed by atoms with Gasteiger partial charge in [-0.25, -0.2) is 0 Å². The van der Waals surface area contributed by atoms with Crippen molar-refractivity contribution in [1.29, 1.82) is 0 Å². The van der Waals surface area contributed by atoms with Gasteiger partial charge < -0.3 is 30.5 Å². The van der Waals surface area contributed by atoms with Crippen LogP contribution in [0.3, 0.4) is 0 Å². The Morgan fingerprint density at radius 2 is 1.80 bits per heavy atom. The minimum absolute atomic E-state index is 0.0827. The smallest absolute Gasteiger partial charge is 0.429 e. The lowest BCUT2D eigenvalue weighted by atomic mass is 9.76. The average molecular weight is 572 g/mol. The van der Waals surface area contributed by atoms with Crippen LogP contribution in [0.5, 0.6) is 11.6 Å². The first-order valence-electron chi connectivity index (χ1n) is 13.3. The normalized spacial score (nSPS) is 19.2. The zero-order chi connectivity index (χ0) is 29.4. The van der Waals surface area contributed by atoms with Gasteiger partial charge in [-0.15, -0.1) is 0 Å². The van der Waals surface area contributed by atoms with E-state index in [0.717, 1.165) is 16.7 Å². The number of carboxylic acid groups (broad SMARTS) is 1. The second-order valence-electron chi connectivity index (χ2n) is 10.7. The lowest BCUT2D eigenvalue weighted by Crippen LogP contribution is -2.41. The lowest BCUT2D eigenvalue weighted by Gasteiger charge is -2.39. The molecule has 1 spiro atoms. The molecule has 2 saturated heterocycles. The molecule has 2 fully saturated rings. The van der Waals surface area contributed by atoms with E-state index >= 15 is 0 Å². The number of alkyl halides is 3. The number of methoxy groups -OCH3 is 1. The SMILES string of the molecule is COc1cc(-c2ccc([C@@H](Oc3cc(N4CCC5(CC4)CNC(C(=O)O)C5)nc(N)n3)C(F)(F)F)cc2)ccc1C. The number of aliphatic carboxylic acids is 1. The minimum Gasteiger partial charge on any atom is -0.496 e.